The zero-order valence-electron chi connectivity index (χ0n) is 17.4. The van der Waals surface area contributed by atoms with Crippen LogP contribution in [0.1, 0.15) is 44.9 Å². The molecule has 2 heteroatoms. The van der Waals surface area contributed by atoms with Crippen LogP contribution in [0.3, 0.4) is 0 Å². The van der Waals surface area contributed by atoms with Gasteiger partial charge in [-0.3, -0.25) is 0 Å². The Labute approximate surface area is 168 Å². The lowest BCUT2D eigenvalue weighted by molar-refractivity contribution is -0.673. The number of rotatable bonds is 5. The first-order valence-corrected chi connectivity index (χ1v) is 10.3. The van der Waals surface area contributed by atoms with Crippen molar-refractivity contribution in [3.8, 4) is 0 Å². The maximum atomic E-state index is 2.55. The highest BCUT2D eigenvalue weighted by molar-refractivity contribution is 6.09. The average molecular weight is 371 g/mol. The third kappa shape index (κ3) is 3.07. The van der Waals surface area contributed by atoms with E-state index in [-0.39, 0.29) is 5.41 Å². The van der Waals surface area contributed by atoms with E-state index in [1.54, 1.807) is 0 Å². The van der Waals surface area contributed by atoms with Crippen molar-refractivity contribution >= 4 is 28.2 Å². The highest BCUT2D eigenvalue weighted by Crippen LogP contribution is 2.44. The van der Waals surface area contributed by atoms with Crippen molar-refractivity contribution in [2.24, 2.45) is 7.05 Å². The molecule has 0 fully saturated rings. The lowest BCUT2D eigenvalue weighted by Crippen LogP contribution is -2.31. The van der Waals surface area contributed by atoms with Gasteiger partial charge in [0.05, 0.1) is 5.41 Å². The van der Waals surface area contributed by atoms with Gasteiger partial charge in [0.25, 0.3) is 0 Å². The van der Waals surface area contributed by atoms with E-state index in [9.17, 15) is 0 Å². The second-order valence-corrected chi connectivity index (χ2v) is 8.27. The van der Waals surface area contributed by atoms with Crippen LogP contribution in [0.4, 0.5) is 5.69 Å². The number of hydrogen-bond acceptors (Lipinski definition) is 0. The molecule has 2 aromatic carbocycles. The van der Waals surface area contributed by atoms with Crippen LogP contribution in [-0.4, -0.2) is 16.8 Å². The molecule has 2 heterocycles. The van der Waals surface area contributed by atoms with E-state index in [1.807, 2.05) is 0 Å². The summed E-state index contributed by atoms with van der Waals surface area (Å²) in [5.41, 5.74) is 5.39. The Hall–Kier alpha value is -2.74. The van der Waals surface area contributed by atoms with Crippen molar-refractivity contribution in [1.29, 1.82) is 0 Å². The molecular formula is C26H30N2+2. The summed E-state index contributed by atoms with van der Waals surface area (Å²) in [6.07, 6.45) is 9.08. The molecule has 28 heavy (non-hydrogen) atoms. The Bertz CT molecular complexity index is 1090. The molecule has 3 aromatic rings. The quantitative estimate of drug-likeness (QED) is 0.520. The van der Waals surface area contributed by atoms with Crippen LogP contribution in [0.25, 0.3) is 16.8 Å². The smallest absolute Gasteiger partial charge is 0.202 e. The summed E-state index contributed by atoms with van der Waals surface area (Å²) in [7, 11) is 2.10. The van der Waals surface area contributed by atoms with Gasteiger partial charge in [-0.05, 0) is 36.8 Å². The van der Waals surface area contributed by atoms with E-state index >= 15 is 0 Å². The van der Waals surface area contributed by atoms with Crippen molar-refractivity contribution in [2.45, 2.75) is 39.0 Å². The van der Waals surface area contributed by atoms with Gasteiger partial charge in [-0.25, -0.2) is 4.57 Å². The molecule has 0 unspecified atom stereocenters. The monoisotopic (exact) mass is 370 g/mol. The van der Waals surface area contributed by atoms with Gasteiger partial charge >= 0.3 is 0 Å². The van der Waals surface area contributed by atoms with E-state index < -0.39 is 0 Å². The largest absolute Gasteiger partial charge is 0.210 e. The normalized spacial score (nSPS) is 15.6. The van der Waals surface area contributed by atoms with Gasteiger partial charge < -0.3 is 0 Å². The molecule has 0 aliphatic carbocycles. The first-order valence-electron chi connectivity index (χ1n) is 10.3. The first-order chi connectivity index (χ1) is 13.5. The summed E-state index contributed by atoms with van der Waals surface area (Å²) in [6.45, 7) is 8.07. The van der Waals surface area contributed by atoms with Crippen LogP contribution < -0.4 is 4.57 Å². The highest BCUT2D eigenvalue weighted by atomic mass is 15.1. The summed E-state index contributed by atoms with van der Waals surface area (Å²) in [5.74, 6) is 0. The summed E-state index contributed by atoms with van der Waals surface area (Å²) in [6, 6.07) is 19.7. The van der Waals surface area contributed by atoms with E-state index in [1.165, 1.54) is 46.3 Å². The lowest BCUT2D eigenvalue weighted by Gasteiger charge is -2.17. The maximum Gasteiger partial charge on any atom is 0.210 e. The summed E-state index contributed by atoms with van der Waals surface area (Å²) < 4.78 is 4.71. The zero-order chi connectivity index (χ0) is 19.7. The molecule has 0 N–H and O–H groups in total. The minimum atomic E-state index is -0.0339. The van der Waals surface area contributed by atoms with Crippen LogP contribution in [-0.2, 0) is 12.5 Å². The van der Waals surface area contributed by atoms with Crippen molar-refractivity contribution in [3.63, 3.8) is 0 Å². The predicted molar refractivity (Wildman–Crippen MR) is 118 cm³/mol. The molecule has 0 spiro atoms. The molecule has 1 aliphatic heterocycles. The third-order valence-corrected chi connectivity index (χ3v) is 6.00. The number of aromatic nitrogens is 1. The van der Waals surface area contributed by atoms with Crippen LogP contribution in [0.15, 0.2) is 66.9 Å². The SMILES string of the molecule is CCCC[N+]1=C(C=Cc2cccc[n+]2C)C(C)(C)c2c1ccc1ccccc21. The predicted octanol–water partition coefficient (Wildman–Crippen LogP) is 5.55. The zero-order valence-corrected chi connectivity index (χ0v) is 17.4. The molecule has 0 amide bonds. The van der Waals surface area contributed by atoms with Crippen molar-refractivity contribution in [3.05, 3.63) is 78.1 Å². The van der Waals surface area contributed by atoms with Gasteiger partial charge in [0, 0.05) is 42.3 Å². The lowest BCUT2D eigenvalue weighted by atomic mass is 9.79. The first kappa shape index (κ1) is 18.6. The van der Waals surface area contributed by atoms with Crippen molar-refractivity contribution < 1.29 is 9.14 Å². The van der Waals surface area contributed by atoms with E-state index in [0.717, 1.165) is 6.54 Å². The van der Waals surface area contributed by atoms with E-state index in [4.69, 9.17) is 0 Å². The number of unbranched alkanes of at least 4 members (excludes halogenated alkanes) is 1. The highest BCUT2D eigenvalue weighted by Gasteiger charge is 2.45. The Balaban J connectivity index is 1.88. The fourth-order valence-electron chi connectivity index (χ4n) is 4.47. The number of hydrogen-bond donors (Lipinski definition) is 0. The van der Waals surface area contributed by atoms with Crippen molar-refractivity contribution in [1.82, 2.24) is 0 Å². The van der Waals surface area contributed by atoms with Gasteiger partial charge in [0.1, 0.15) is 13.6 Å². The Kier molecular flexibility index (Phi) is 4.89. The summed E-state index contributed by atoms with van der Waals surface area (Å²) >= 11 is 0. The van der Waals surface area contributed by atoms with Gasteiger partial charge in [0.2, 0.25) is 11.4 Å². The molecule has 4 rings (SSSR count). The minimum Gasteiger partial charge on any atom is -0.202 e. The molecule has 0 saturated heterocycles. The molecule has 0 saturated carbocycles. The van der Waals surface area contributed by atoms with Gasteiger partial charge in [0.15, 0.2) is 11.9 Å². The third-order valence-electron chi connectivity index (χ3n) is 6.00. The maximum absolute atomic E-state index is 2.55. The van der Waals surface area contributed by atoms with Gasteiger partial charge in [-0.15, -0.1) is 0 Å². The van der Waals surface area contributed by atoms with Crippen LogP contribution in [0.2, 0.25) is 0 Å². The van der Waals surface area contributed by atoms with Crippen LogP contribution in [0, 0.1) is 0 Å². The van der Waals surface area contributed by atoms with Crippen LogP contribution >= 0.6 is 0 Å². The molecule has 0 bridgehead atoms. The molecule has 1 aliphatic rings. The molecule has 0 atom stereocenters. The second kappa shape index (κ2) is 7.35. The van der Waals surface area contributed by atoms with E-state index in [0.29, 0.717) is 0 Å². The van der Waals surface area contributed by atoms with Gasteiger partial charge in [-0.1, -0.05) is 37.6 Å². The minimum absolute atomic E-state index is 0.0339. The second-order valence-electron chi connectivity index (χ2n) is 8.27. The fraction of sp³-hybridized carbons (Fsp3) is 0.308. The molecule has 142 valence electrons. The van der Waals surface area contributed by atoms with Gasteiger partial charge in [-0.2, -0.15) is 4.58 Å². The Morgan fingerprint density at radius 1 is 0.929 bits per heavy atom. The number of pyridine rings is 1. The number of nitrogens with zero attached hydrogens (tertiary/aromatic N) is 2. The number of aryl methyl sites for hydroxylation is 1. The average Bonchev–Trinajstić information content (AvgIpc) is 2.92. The Morgan fingerprint density at radius 2 is 1.71 bits per heavy atom. The number of allylic oxidation sites excluding steroid dienone is 1. The molecule has 0 radical (unpaired) electrons. The summed E-state index contributed by atoms with van der Waals surface area (Å²) in [5, 5.41) is 2.70. The topological polar surface area (TPSA) is 6.89 Å². The summed E-state index contributed by atoms with van der Waals surface area (Å²) in [4.78, 5) is 0. The molecule has 2 nitrogen and oxygen atoms in total. The number of fused-ring (bicyclic) bond motifs is 3. The number of benzene rings is 2. The van der Waals surface area contributed by atoms with Crippen LogP contribution in [0.5, 0.6) is 0 Å². The van der Waals surface area contributed by atoms with E-state index in [2.05, 4.69) is 110 Å². The molecule has 1 aromatic heterocycles. The molecular weight excluding hydrogens is 340 g/mol. The fourth-order valence-corrected chi connectivity index (χ4v) is 4.47. The standard InChI is InChI=1S/C26H30N2/c1-5-6-19-28-23-16-14-20-11-7-8-13-22(20)25(23)26(2,3)24(28)17-15-21-12-9-10-18-27(21)4/h7-18H,5-6,19H2,1-4H3/q+2. The Morgan fingerprint density at radius 3 is 2.50 bits per heavy atom. The van der Waals surface area contributed by atoms with Crippen molar-refractivity contribution in [2.75, 3.05) is 6.54 Å².